The number of aliphatic hydroxyl groups excluding tert-OH is 1. The van der Waals surface area contributed by atoms with Crippen LogP contribution in [0.5, 0.6) is 0 Å². The summed E-state index contributed by atoms with van der Waals surface area (Å²) in [6.07, 6.45) is 1.99. The minimum atomic E-state index is -1.17. The maximum absolute atomic E-state index is 12.4. The Morgan fingerprint density at radius 2 is 1.71 bits per heavy atom. The van der Waals surface area contributed by atoms with Crippen LogP contribution in [0, 0.1) is 5.92 Å². The van der Waals surface area contributed by atoms with Crippen LogP contribution >= 0.6 is 0 Å². The molecule has 11 nitrogen and oxygen atoms in total. The maximum atomic E-state index is 12.4. The van der Waals surface area contributed by atoms with Crippen LogP contribution in [0.1, 0.15) is 39.5 Å². The lowest BCUT2D eigenvalue weighted by molar-refractivity contribution is -0.142. The summed E-state index contributed by atoms with van der Waals surface area (Å²) in [6, 6.07) is -3.17. The van der Waals surface area contributed by atoms with Crippen molar-refractivity contribution in [1.82, 2.24) is 16.0 Å². The van der Waals surface area contributed by atoms with Gasteiger partial charge in [-0.2, -0.15) is 0 Å². The Bertz CT molecular complexity index is 530. The van der Waals surface area contributed by atoms with Gasteiger partial charge in [-0.15, -0.1) is 0 Å². The van der Waals surface area contributed by atoms with Crippen molar-refractivity contribution in [2.75, 3.05) is 19.7 Å². The molecule has 0 aromatic carbocycles. The highest BCUT2D eigenvalue weighted by Crippen LogP contribution is 2.08. The number of carboxylic acid groups (broad SMARTS) is 1. The molecule has 11 heteroatoms. The molecule has 0 aliphatic carbocycles. The summed E-state index contributed by atoms with van der Waals surface area (Å²) in [5, 5.41) is 25.3. The number of carbonyl (C=O) groups is 4. The van der Waals surface area contributed by atoms with Gasteiger partial charge in [0.1, 0.15) is 18.1 Å². The molecule has 0 rings (SSSR count). The third-order valence-electron chi connectivity index (χ3n) is 4.33. The van der Waals surface area contributed by atoms with Crippen molar-refractivity contribution < 1.29 is 29.4 Å². The average molecular weight is 403 g/mol. The first-order chi connectivity index (χ1) is 13.2. The van der Waals surface area contributed by atoms with Gasteiger partial charge < -0.3 is 37.6 Å². The first kappa shape index (κ1) is 25.8. The van der Waals surface area contributed by atoms with Gasteiger partial charge in [-0.05, 0) is 31.7 Å². The number of rotatable bonds is 14. The number of nitrogens with two attached hydrogens (primary N) is 2. The normalized spacial score (nSPS) is 15.0. The molecule has 0 saturated carbocycles. The monoisotopic (exact) mass is 403 g/mol. The molecule has 3 amide bonds. The van der Waals surface area contributed by atoms with Crippen molar-refractivity contribution in [3.8, 4) is 0 Å². The molecule has 162 valence electrons. The van der Waals surface area contributed by atoms with Gasteiger partial charge in [0.15, 0.2) is 0 Å². The van der Waals surface area contributed by atoms with Gasteiger partial charge in [0.2, 0.25) is 17.7 Å². The first-order valence-corrected chi connectivity index (χ1v) is 9.34. The van der Waals surface area contributed by atoms with E-state index in [9.17, 15) is 19.2 Å². The summed E-state index contributed by atoms with van der Waals surface area (Å²) in [4.78, 5) is 47.4. The number of carboxylic acids is 1. The van der Waals surface area contributed by atoms with E-state index in [2.05, 4.69) is 16.0 Å². The molecule has 0 spiro atoms. The quantitative estimate of drug-likeness (QED) is 0.156. The molecule has 4 unspecified atom stereocenters. The van der Waals surface area contributed by atoms with Crippen LogP contribution in [-0.2, 0) is 19.2 Å². The fourth-order valence-corrected chi connectivity index (χ4v) is 2.32. The minimum Gasteiger partial charge on any atom is -0.480 e. The topological polar surface area (TPSA) is 197 Å². The fourth-order valence-electron chi connectivity index (χ4n) is 2.32. The van der Waals surface area contributed by atoms with E-state index in [-0.39, 0.29) is 12.3 Å². The second-order valence-corrected chi connectivity index (χ2v) is 6.62. The number of amides is 3. The zero-order valence-corrected chi connectivity index (χ0v) is 16.4. The lowest BCUT2D eigenvalue weighted by atomic mass is 9.98. The van der Waals surface area contributed by atoms with Gasteiger partial charge in [0, 0.05) is 0 Å². The number of hydrogen-bond acceptors (Lipinski definition) is 7. The van der Waals surface area contributed by atoms with Crippen LogP contribution in [0.15, 0.2) is 0 Å². The third kappa shape index (κ3) is 9.62. The molecule has 0 aromatic rings. The predicted molar refractivity (Wildman–Crippen MR) is 102 cm³/mol. The zero-order valence-electron chi connectivity index (χ0n) is 16.4. The van der Waals surface area contributed by atoms with Crippen LogP contribution in [-0.4, -0.2) is 71.7 Å². The van der Waals surface area contributed by atoms with Crippen molar-refractivity contribution >= 4 is 23.7 Å². The summed E-state index contributed by atoms with van der Waals surface area (Å²) in [7, 11) is 0. The Hall–Kier alpha value is -2.24. The lowest BCUT2D eigenvalue weighted by Crippen LogP contribution is -2.56. The number of hydrogen-bond donors (Lipinski definition) is 7. The van der Waals surface area contributed by atoms with E-state index in [0.29, 0.717) is 25.8 Å². The molecule has 0 aliphatic heterocycles. The van der Waals surface area contributed by atoms with Crippen LogP contribution in [0.2, 0.25) is 0 Å². The smallest absolute Gasteiger partial charge is 0.326 e. The van der Waals surface area contributed by atoms with E-state index < -0.39 is 55.0 Å². The average Bonchev–Trinajstić information content (AvgIpc) is 2.67. The third-order valence-corrected chi connectivity index (χ3v) is 4.33. The van der Waals surface area contributed by atoms with Crippen LogP contribution in [0.4, 0.5) is 0 Å². The minimum absolute atomic E-state index is 0.233. The molecule has 9 N–H and O–H groups in total. The lowest BCUT2D eigenvalue weighted by Gasteiger charge is -2.24. The zero-order chi connectivity index (χ0) is 21.7. The van der Waals surface area contributed by atoms with E-state index in [1.165, 1.54) is 0 Å². The van der Waals surface area contributed by atoms with Gasteiger partial charge in [-0.25, -0.2) is 4.79 Å². The summed E-state index contributed by atoms with van der Waals surface area (Å²) in [5.41, 5.74) is 10.8. The highest BCUT2D eigenvalue weighted by atomic mass is 16.4. The SMILES string of the molecule is CCC(C)C(NC(=O)C(N)CO)C(=O)NCC(=O)NC(CCCCN)C(=O)O. The van der Waals surface area contributed by atoms with Crippen LogP contribution in [0.25, 0.3) is 0 Å². The van der Waals surface area contributed by atoms with E-state index >= 15 is 0 Å². The van der Waals surface area contributed by atoms with E-state index in [1.807, 2.05) is 6.92 Å². The molecule has 0 saturated heterocycles. The van der Waals surface area contributed by atoms with Crippen molar-refractivity contribution in [2.45, 2.75) is 57.7 Å². The molecule has 28 heavy (non-hydrogen) atoms. The second-order valence-electron chi connectivity index (χ2n) is 6.62. The van der Waals surface area contributed by atoms with E-state index in [0.717, 1.165) is 0 Å². The molecular weight excluding hydrogens is 370 g/mol. The molecule has 0 aliphatic rings. The van der Waals surface area contributed by atoms with Gasteiger partial charge in [-0.1, -0.05) is 20.3 Å². The number of carbonyl (C=O) groups excluding carboxylic acids is 3. The standard InChI is InChI=1S/C17H33N5O6/c1-3-10(2)14(22-15(25)11(19)9-23)16(26)20-8-13(24)21-12(17(27)28)6-4-5-7-18/h10-12,14,23H,3-9,18-19H2,1-2H3,(H,20,26)(H,21,24)(H,22,25)(H,27,28). The van der Waals surface area contributed by atoms with Gasteiger partial charge in [0.05, 0.1) is 13.2 Å². The number of unbranched alkanes of at least 4 members (excludes halogenated alkanes) is 1. The fraction of sp³-hybridized carbons (Fsp3) is 0.765. The summed E-state index contributed by atoms with van der Waals surface area (Å²) in [6.45, 7) is 3.00. The Morgan fingerprint density at radius 1 is 1.07 bits per heavy atom. The van der Waals surface area contributed by atoms with Crippen molar-refractivity contribution in [2.24, 2.45) is 17.4 Å². The molecule has 0 heterocycles. The molecule has 0 radical (unpaired) electrons. The second kappa shape index (κ2) is 13.9. The predicted octanol–water partition coefficient (Wildman–Crippen LogP) is -2.35. The Morgan fingerprint density at radius 3 is 2.21 bits per heavy atom. The molecule has 4 atom stereocenters. The van der Waals surface area contributed by atoms with Gasteiger partial charge in [0.25, 0.3) is 0 Å². The number of aliphatic carboxylic acids is 1. The molecule has 0 fully saturated rings. The Labute approximate surface area is 164 Å². The van der Waals surface area contributed by atoms with Crippen molar-refractivity contribution in [3.63, 3.8) is 0 Å². The van der Waals surface area contributed by atoms with E-state index in [4.69, 9.17) is 21.7 Å². The van der Waals surface area contributed by atoms with E-state index in [1.54, 1.807) is 6.92 Å². The number of nitrogens with one attached hydrogen (secondary N) is 3. The number of aliphatic hydroxyl groups is 1. The summed E-state index contributed by atoms with van der Waals surface area (Å²) in [5.74, 6) is -3.36. The van der Waals surface area contributed by atoms with Crippen LogP contribution < -0.4 is 27.4 Å². The first-order valence-electron chi connectivity index (χ1n) is 9.34. The highest BCUT2D eigenvalue weighted by molar-refractivity contribution is 5.92. The summed E-state index contributed by atoms with van der Waals surface area (Å²) < 4.78 is 0. The molecular formula is C17H33N5O6. The van der Waals surface area contributed by atoms with Crippen molar-refractivity contribution in [3.05, 3.63) is 0 Å². The Kier molecular flexibility index (Phi) is 12.7. The molecule has 0 aromatic heterocycles. The summed E-state index contributed by atoms with van der Waals surface area (Å²) >= 11 is 0. The largest absolute Gasteiger partial charge is 0.480 e. The van der Waals surface area contributed by atoms with Crippen LogP contribution in [0.3, 0.4) is 0 Å². The Balaban J connectivity index is 4.74. The van der Waals surface area contributed by atoms with Crippen molar-refractivity contribution in [1.29, 1.82) is 0 Å². The molecule has 0 bridgehead atoms. The maximum Gasteiger partial charge on any atom is 0.326 e. The highest BCUT2D eigenvalue weighted by Gasteiger charge is 2.28. The van der Waals surface area contributed by atoms with Gasteiger partial charge >= 0.3 is 5.97 Å². The van der Waals surface area contributed by atoms with Gasteiger partial charge in [-0.3, -0.25) is 14.4 Å².